The molecule has 0 aliphatic rings. The van der Waals surface area contributed by atoms with Gasteiger partial charge in [0.05, 0.1) is 0 Å². The molecule has 0 radical (unpaired) electrons. The fourth-order valence-electron chi connectivity index (χ4n) is 2.82. The Bertz CT molecular complexity index is 499. The molecule has 2 aromatic carbocycles. The van der Waals surface area contributed by atoms with E-state index in [1.54, 1.807) is 0 Å². The van der Waals surface area contributed by atoms with Gasteiger partial charge in [-0.3, -0.25) is 0 Å². The molecule has 0 aliphatic carbocycles. The molecule has 0 heteroatoms. The molecule has 0 aromatic heterocycles. The van der Waals surface area contributed by atoms with E-state index in [1.807, 2.05) is 0 Å². The summed E-state index contributed by atoms with van der Waals surface area (Å²) in [7, 11) is 0. The van der Waals surface area contributed by atoms with Gasteiger partial charge in [0.2, 0.25) is 0 Å². The molecule has 21 heavy (non-hydrogen) atoms. The highest BCUT2D eigenvalue weighted by Crippen LogP contribution is 2.18. The third kappa shape index (κ3) is 5.38. The van der Waals surface area contributed by atoms with Crippen LogP contribution in [0.2, 0.25) is 0 Å². The zero-order valence-electron chi connectivity index (χ0n) is 13.6. The zero-order chi connectivity index (χ0) is 14.9. The lowest BCUT2D eigenvalue weighted by molar-refractivity contribution is 0.778. The van der Waals surface area contributed by atoms with Crippen molar-refractivity contribution in [3.8, 4) is 0 Å². The number of hydrogen-bond acceptors (Lipinski definition) is 0. The summed E-state index contributed by atoms with van der Waals surface area (Å²) in [6.45, 7) is 4.54. The lowest BCUT2D eigenvalue weighted by atomic mass is 9.95. The van der Waals surface area contributed by atoms with Gasteiger partial charge in [0, 0.05) is 0 Å². The van der Waals surface area contributed by atoms with E-state index in [9.17, 15) is 0 Å². The van der Waals surface area contributed by atoms with E-state index in [0.717, 1.165) is 6.42 Å². The Kier molecular flexibility index (Phi) is 6.53. The monoisotopic (exact) mass is 280 g/mol. The summed E-state index contributed by atoms with van der Waals surface area (Å²) in [5.41, 5.74) is 5.93. The average molecular weight is 280 g/mol. The highest BCUT2D eigenvalue weighted by Gasteiger charge is 2.03. The van der Waals surface area contributed by atoms with Crippen LogP contribution >= 0.6 is 0 Å². The first-order valence-electron chi connectivity index (χ1n) is 8.47. The van der Waals surface area contributed by atoms with Crippen LogP contribution in [0.3, 0.4) is 0 Å². The molecule has 0 aliphatic heterocycles. The summed E-state index contributed by atoms with van der Waals surface area (Å²) in [6, 6.07) is 18.1. The molecule has 0 unspecified atom stereocenters. The summed E-state index contributed by atoms with van der Waals surface area (Å²) >= 11 is 0. The lowest BCUT2D eigenvalue weighted by Crippen LogP contribution is -1.96. The smallest absolute Gasteiger partial charge is 0.00256 e. The van der Waals surface area contributed by atoms with Gasteiger partial charge in [0.1, 0.15) is 0 Å². The van der Waals surface area contributed by atoms with Gasteiger partial charge in [0.15, 0.2) is 0 Å². The van der Waals surface area contributed by atoms with Crippen molar-refractivity contribution in [3.05, 3.63) is 70.8 Å². The van der Waals surface area contributed by atoms with Crippen molar-refractivity contribution in [2.24, 2.45) is 0 Å². The largest absolute Gasteiger partial charge is 0.0654 e. The number of hydrogen-bond donors (Lipinski definition) is 0. The number of rotatable bonds is 8. The second kappa shape index (κ2) is 8.67. The molecule has 0 fully saturated rings. The summed E-state index contributed by atoms with van der Waals surface area (Å²) in [5, 5.41) is 0. The van der Waals surface area contributed by atoms with E-state index in [4.69, 9.17) is 0 Å². The van der Waals surface area contributed by atoms with Crippen LogP contribution < -0.4 is 0 Å². The van der Waals surface area contributed by atoms with Crippen LogP contribution in [0.1, 0.15) is 61.8 Å². The van der Waals surface area contributed by atoms with Crippen molar-refractivity contribution in [3.63, 3.8) is 0 Å². The maximum atomic E-state index is 2.43. The second-order valence-electron chi connectivity index (χ2n) is 6.03. The van der Waals surface area contributed by atoms with Gasteiger partial charge in [-0.1, -0.05) is 75.2 Å². The average Bonchev–Trinajstić information content (AvgIpc) is 2.52. The maximum Gasteiger partial charge on any atom is -0.00256 e. The molecule has 0 bridgehead atoms. The fourth-order valence-corrected chi connectivity index (χ4v) is 2.82. The minimum Gasteiger partial charge on any atom is -0.0654 e. The SMILES string of the molecule is CCCCc1cc(CCCC)cc(Cc2ccccc2)c1. The molecule has 0 amide bonds. The van der Waals surface area contributed by atoms with E-state index < -0.39 is 0 Å². The third-order valence-electron chi connectivity index (χ3n) is 4.00. The Morgan fingerprint density at radius 3 is 1.67 bits per heavy atom. The van der Waals surface area contributed by atoms with Crippen molar-refractivity contribution in [1.29, 1.82) is 0 Å². The molecular weight excluding hydrogens is 252 g/mol. The number of aryl methyl sites for hydroxylation is 2. The van der Waals surface area contributed by atoms with Crippen LogP contribution in [0, 0.1) is 0 Å². The Morgan fingerprint density at radius 1 is 0.619 bits per heavy atom. The van der Waals surface area contributed by atoms with Crippen molar-refractivity contribution < 1.29 is 0 Å². The predicted molar refractivity (Wildman–Crippen MR) is 92.9 cm³/mol. The van der Waals surface area contributed by atoms with E-state index in [1.165, 1.54) is 60.8 Å². The molecule has 2 aromatic rings. The zero-order valence-corrected chi connectivity index (χ0v) is 13.6. The molecule has 0 N–H and O–H groups in total. The van der Waals surface area contributed by atoms with Crippen LogP contribution in [0.15, 0.2) is 48.5 Å². The van der Waals surface area contributed by atoms with Crippen LogP contribution in [0.5, 0.6) is 0 Å². The van der Waals surface area contributed by atoms with Crippen molar-refractivity contribution in [2.45, 2.75) is 58.8 Å². The van der Waals surface area contributed by atoms with Crippen LogP contribution in [0.25, 0.3) is 0 Å². The normalized spacial score (nSPS) is 10.8. The van der Waals surface area contributed by atoms with Crippen molar-refractivity contribution in [2.75, 3.05) is 0 Å². The Hall–Kier alpha value is -1.56. The maximum absolute atomic E-state index is 2.43. The van der Waals surface area contributed by atoms with Crippen LogP contribution in [-0.4, -0.2) is 0 Å². The summed E-state index contributed by atoms with van der Waals surface area (Å²) < 4.78 is 0. The highest BCUT2D eigenvalue weighted by molar-refractivity contribution is 5.34. The van der Waals surface area contributed by atoms with Gasteiger partial charge < -0.3 is 0 Å². The predicted octanol–water partition coefficient (Wildman–Crippen LogP) is 5.96. The van der Waals surface area contributed by atoms with E-state index in [-0.39, 0.29) is 0 Å². The van der Waals surface area contributed by atoms with Gasteiger partial charge in [-0.25, -0.2) is 0 Å². The molecule has 112 valence electrons. The summed E-state index contributed by atoms with van der Waals surface area (Å²) in [5.74, 6) is 0. The first-order valence-corrected chi connectivity index (χ1v) is 8.47. The molecule has 0 atom stereocenters. The fraction of sp³-hybridized carbons (Fsp3) is 0.429. The Labute approximate surface area is 130 Å². The number of benzene rings is 2. The van der Waals surface area contributed by atoms with Crippen molar-refractivity contribution in [1.82, 2.24) is 0 Å². The molecule has 0 spiro atoms. The first-order chi connectivity index (χ1) is 10.3. The molecule has 0 heterocycles. The quantitative estimate of drug-likeness (QED) is 0.559. The number of unbranched alkanes of at least 4 members (excludes halogenated alkanes) is 2. The molecule has 0 saturated heterocycles. The molecular formula is C21H28. The molecule has 0 saturated carbocycles. The minimum absolute atomic E-state index is 1.06. The van der Waals surface area contributed by atoms with Gasteiger partial charge in [-0.15, -0.1) is 0 Å². The molecule has 0 nitrogen and oxygen atoms in total. The van der Waals surface area contributed by atoms with E-state index >= 15 is 0 Å². The molecule has 2 rings (SSSR count). The van der Waals surface area contributed by atoms with Crippen LogP contribution in [-0.2, 0) is 19.3 Å². The van der Waals surface area contributed by atoms with Gasteiger partial charge in [0.25, 0.3) is 0 Å². The standard InChI is InChI=1S/C21H28/c1-3-5-10-19-15-20(11-6-4-2)17-21(16-19)14-18-12-8-7-9-13-18/h7-9,12-13,15-17H,3-6,10-11,14H2,1-2H3. The Balaban J connectivity index is 2.17. The highest BCUT2D eigenvalue weighted by atomic mass is 14.1. The Morgan fingerprint density at radius 2 is 1.14 bits per heavy atom. The minimum atomic E-state index is 1.06. The second-order valence-corrected chi connectivity index (χ2v) is 6.03. The first kappa shape index (κ1) is 15.8. The van der Waals surface area contributed by atoms with Crippen molar-refractivity contribution >= 4 is 0 Å². The van der Waals surface area contributed by atoms with E-state index in [2.05, 4.69) is 62.4 Å². The van der Waals surface area contributed by atoms with Gasteiger partial charge >= 0.3 is 0 Å². The van der Waals surface area contributed by atoms with Gasteiger partial charge in [-0.2, -0.15) is 0 Å². The summed E-state index contributed by atoms with van der Waals surface area (Å²) in [6.07, 6.45) is 8.63. The third-order valence-corrected chi connectivity index (χ3v) is 4.00. The van der Waals surface area contributed by atoms with E-state index in [0.29, 0.717) is 0 Å². The lowest BCUT2D eigenvalue weighted by Gasteiger charge is -2.10. The summed E-state index contributed by atoms with van der Waals surface area (Å²) in [4.78, 5) is 0. The van der Waals surface area contributed by atoms with Crippen LogP contribution in [0.4, 0.5) is 0 Å². The van der Waals surface area contributed by atoms with Gasteiger partial charge in [-0.05, 0) is 54.4 Å². The topological polar surface area (TPSA) is 0 Å².